The second-order valence-electron chi connectivity index (χ2n) is 4.12. The van der Waals surface area contributed by atoms with E-state index in [0.29, 0.717) is 24.1 Å². The van der Waals surface area contributed by atoms with Crippen LogP contribution in [0.5, 0.6) is 0 Å². The lowest BCUT2D eigenvalue weighted by Crippen LogP contribution is -2.46. The number of aromatic nitrogens is 1. The average molecular weight is 239 g/mol. The Bertz CT molecular complexity index is 339. The molecule has 0 saturated carbocycles. The topological polar surface area (TPSA) is 59.2 Å². The Morgan fingerprint density at radius 3 is 3.19 bits per heavy atom. The predicted molar refractivity (Wildman–Crippen MR) is 64.7 cm³/mol. The van der Waals surface area contributed by atoms with Crippen molar-refractivity contribution in [3.05, 3.63) is 16.6 Å². The van der Waals surface area contributed by atoms with Gasteiger partial charge >= 0.3 is 0 Å². The maximum Gasteiger partial charge on any atom is 0.205 e. The second-order valence-corrected chi connectivity index (χ2v) is 5.01. The van der Waals surface area contributed by atoms with Crippen molar-refractivity contribution in [3.8, 4) is 0 Å². The summed E-state index contributed by atoms with van der Waals surface area (Å²) in [6, 6.07) is 0.373. The van der Waals surface area contributed by atoms with E-state index in [9.17, 15) is 4.79 Å². The van der Waals surface area contributed by atoms with Crippen molar-refractivity contribution < 1.29 is 4.79 Å². The van der Waals surface area contributed by atoms with Gasteiger partial charge < -0.3 is 5.73 Å². The zero-order valence-corrected chi connectivity index (χ0v) is 10.1. The molecule has 88 valence electrons. The molecule has 0 amide bonds. The Labute approximate surface area is 99.5 Å². The first-order chi connectivity index (χ1) is 7.81. The highest BCUT2D eigenvalue weighted by molar-refractivity contribution is 7.11. The van der Waals surface area contributed by atoms with Gasteiger partial charge in [0, 0.05) is 24.2 Å². The van der Waals surface area contributed by atoms with Crippen molar-refractivity contribution in [1.82, 2.24) is 9.88 Å². The zero-order valence-electron chi connectivity index (χ0n) is 9.26. The highest BCUT2D eigenvalue weighted by Gasteiger charge is 2.24. The van der Waals surface area contributed by atoms with Crippen molar-refractivity contribution >= 4 is 17.1 Å². The molecule has 16 heavy (non-hydrogen) atoms. The van der Waals surface area contributed by atoms with Crippen molar-refractivity contribution in [2.24, 2.45) is 5.73 Å². The first kappa shape index (κ1) is 11.7. The van der Waals surface area contributed by atoms with E-state index in [4.69, 9.17) is 5.73 Å². The smallest absolute Gasteiger partial charge is 0.205 e. The van der Waals surface area contributed by atoms with Crippen LogP contribution in [0, 0.1) is 0 Å². The molecule has 0 radical (unpaired) electrons. The van der Waals surface area contributed by atoms with E-state index in [1.807, 2.05) is 5.38 Å². The molecule has 1 fully saturated rings. The summed E-state index contributed by atoms with van der Waals surface area (Å²) in [4.78, 5) is 18.1. The van der Waals surface area contributed by atoms with Crippen LogP contribution in [-0.2, 0) is 0 Å². The molecule has 4 nitrogen and oxygen atoms in total. The molecular formula is C11H17N3OS. The molecule has 2 rings (SSSR count). The summed E-state index contributed by atoms with van der Waals surface area (Å²) in [5.41, 5.74) is 5.72. The normalized spacial score (nSPS) is 22.2. The minimum absolute atomic E-state index is 0.121. The molecule has 0 spiro atoms. The van der Waals surface area contributed by atoms with Crippen LogP contribution in [0.3, 0.4) is 0 Å². The number of ketones is 1. The van der Waals surface area contributed by atoms with Gasteiger partial charge in [0.1, 0.15) is 0 Å². The third-order valence-corrected chi connectivity index (χ3v) is 3.85. The Morgan fingerprint density at radius 1 is 1.62 bits per heavy atom. The maximum atomic E-state index is 11.9. The zero-order chi connectivity index (χ0) is 11.4. The average Bonchev–Trinajstić information content (AvgIpc) is 2.83. The summed E-state index contributed by atoms with van der Waals surface area (Å²) >= 11 is 1.41. The van der Waals surface area contributed by atoms with E-state index in [1.54, 1.807) is 6.20 Å². The first-order valence-corrected chi connectivity index (χ1v) is 6.56. The molecule has 2 heterocycles. The van der Waals surface area contributed by atoms with Crippen LogP contribution >= 0.6 is 11.3 Å². The fourth-order valence-corrected chi connectivity index (χ4v) is 2.72. The highest BCUT2D eigenvalue weighted by atomic mass is 32.1. The summed E-state index contributed by atoms with van der Waals surface area (Å²) in [7, 11) is 0. The molecule has 1 saturated heterocycles. The quantitative estimate of drug-likeness (QED) is 0.800. The van der Waals surface area contributed by atoms with Crippen LogP contribution in [-0.4, -0.2) is 41.3 Å². The van der Waals surface area contributed by atoms with Gasteiger partial charge in [0.2, 0.25) is 5.78 Å². The number of carbonyl (C=O) groups excluding carboxylic acids is 1. The number of Topliss-reactive ketones (excluding diaryl/α,β-unsaturated/α-hetero) is 1. The molecule has 1 atom stereocenters. The van der Waals surface area contributed by atoms with Crippen LogP contribution in [0.25, 0.3) is 0 Å². The molecule has 1 aliphatic heterocycles. The molecule has 0 aromatic carbocycles. The van der Waals surface area contributed by atoms with Gasteiger partial charge in [-0.05, 0) is 19.4 Å². The fourth-order valence-electron chi connectivity index (χ4n) is 2.15. The number of carbonyl (C=O) groups is 1. The molecule has 1 aromatic heterocycles. The van der Waals surface area contributed by atoms with Crippen molar-refractivity contribution in [2.75, 3.05) is 19.6 Å². The Hall–Kier alpha value is -0.780. The molecule has 1 aliphatic rings. The lowest BCUT2D eigenvalue weighted by atomic mass is 10.0. The Balaban J connectivity index is 1.95. The van der Waals surface area contributed by atoms with Gasteiger partial charge in [-0.3, -0.25) is 9.69 Å². The SMILES string of the molecule is NC[C@H]1CCCCN1CC(=O)c1nccs1. The Morgan fingerprint density at radius 2 is 2.50 bits per heavy atom. The standard InChI is InChI=1S/C11H17N3OS/c12-7-9-3-1-2-5-14(9)8-10(15)11-13-4-6-16-11/h4,6,9H,1-3,5,7-8,12H2/t9-/m1/s1. The minimum atomic E-state index is 0.121. The fraction of sp³-hybridized carbons (Fsp3) is 0.636. The molecule has 5 heteroatoms. The molecule has 2 N–H and O–H groups in total. The van der Waals surface area contributed by atoms with Crippen molar-refractivity contribution in [1.29, 1.82) is 0 Å². The Kier molecular flexibility index (Phi) is 4.04. The molecule has 0 aliphatic carbocycles. The second kappa shape index (κ2) is 5.52. The monoisotopic (exact) mass is 239 g/mol. The van der Waals surface area contributed by atoms with Crippen LogP contribution in [0.4, 0.5) is 0 Å². The van der Waals surface area contributed by atoms with Gasteiger partial charge in [0.05, 0.1) is 6.54 Å². The van der Waals surface area contributed by atoms with Gasteiger partial charge in [0.15, 0.2) is 5.01 Å². The number of rotatable bonds is 4. The number of hydrogen-bond donors (Lipinski definition) is 1. The third-order valence-electron chi connectivity index (χ3n) is 3.04. The summed E-state index contributed by atoms with van der Waals surface area (Å²) in [5, 5.41) is 2.45. The van der Waals surface area contributed by atoms with Gasteiger partial charge in [-0.2, -0.15) is 0 Å². The molecular weight excluding hydrogens is 222 g/mol. The number of thiazole rings is 1. The predicted octanol–water partition coefficient (Wildman–Crippen LogP) is 1.14. The number of nitrogens with two attached hydrogens (primary N) is 1. The first-order valence-electron chi connectivity index (χ1n) is 5.68. The van der Waals surface area contributed by atoms with Gasteiger partial charge in [0.25, 0.3) is 0 Å². The van der Waals surface area contributed by atoms with Crippen LogP contribution in [0.1, 0.15) is 29.1 Å². The summed E-state index contributed by atoms with van der Waals surface area (Å²) in [5.74, 6) is 0.121. The van der Waals surface area contributed by atoms with E-state index in [-0.39, 0.29) is 5.78 Å². The van der Waals surface area contributed by atoms with Gasteiger partial charge in [-0.15, -0.1) is 11.3 Å². The number of nitrogens with zero attached hydrogens (tertiary/aromatic N) is 2. The van der Waals surface area contributed by atoms with Crippen LogP contribution in [0.2, 0.25) is 0 Å². The lowest BCUT2D eigenvalue weighted by molar-refractivity contribution is 0.0851. The van der Waals surface area contributed by atoms with E-state index in [2.05, 4.69) is 9.88 Å². The molecule has 1 aromatic rings. The summed E-state index contributed by atoms with van der Waals surface area (Å²) in [6.45, 7) is 2.10. The van der Waals surface area contributed by atoms with E-state index in [1.165, 1.54) is 24.2 Å². The van der Waals surface area contributed by atoms with Crippen molar-refractivity contribution in [2.45, 2.75) is 25.3 Å². The van der Waals surface area contributed by atoms with Gasteiger partial charge in [-0.25, -0.2) is 4.98 Å². The largest absolute Gasteiger partial charge is 0.329 e. The van der Waals surface area contributed by atoms with Gasteiger partial charge in [-0.1, -0.05) is 6.42 Å². The van der Waals surface area contributed by atoms with Crippen LogP contribution in [0.15, 0.2) is 11.6 Å². The summed E-state index contributed by atoms with van der Waals surface area (Å²) < 4.78 is 0. The van der Waals surface area contributed by atoms with E-state index < -0.39 is 0 Å². The van der Waals surface area contributed by atoms with Crippen molar-refractivity contribution in [3.63, 3.8) is 0 Å². The maximum absolute atomic E-state index is 11.9. The molecule has 0 unspecified atom stereocenters. The van der Waals surface area contributed by atoms with Crippen LogP contribution < -0.4 is 5.73 Å². The van der Waals surface area contributed by atoms with E-state index in [0.717, 1.165) is 13.0 Å². The van der Waals surface area contributed by atoms with E-state index >= 15 is 0 Å². The molecule has 0 bridgehead atoms. The third kappa shape index (κ3) is 2.66. The highest BCUT2D eigenvalue weighted by Crippen LogP contribution is 2.17. The lowest BCUT2D eigenvalue weighted by Gasteiger charge is -2.34. The number of likely N-dealkylation sites (tertiary alicyclic amines) is 1. The number of hydrogen-bond acceptors (Lipinski definition) is 5. The number of piperidine rings is 1. The minimum Gasteiger partial charge on any atom is -0.329 e. The summed E-state index contributed by atoms with van der Waals surface area (Å²) in [6.07, 6.45) is 5.18.